The standard InChI is InChI=1S/C23H20N4O3S/c1-29-21(28)9-13-2-5-19-15(8-13)10-16(12-30-19)22-26-18-4-3-14(11-20(18)31-22)17-6-7-25-23(24)27-17/h2-8,11,16H,9-10,12H2,1H3,(H2,24,25,27). The van der Waals surface area contributed by atoms with Crippen LogP contribution in [0.5, 0.6) is 5.75 Å². The fraction of sp³-hybridized carbons (Fsp3) is 0.217. The van der Waals surface area contributed by atoms with Gasteiger partial charge >= 0.3 is 5.97 Å². The summed E-state index contributed by atoms with van der Waals surface area (Å²) in [6, 6.07) is 13.8. The molecule has 1 atom stereocenters. The third-order valence-corrected chi connectivity index (χ3v) is 6.51. The molecule has 0 amide bonds. The molecule has 0 fully saturated rings. The molecule has 4 aromatic rings. The summed E-state index contributed by atoms with van der Waals surface area (Å²) < 4.78 is 11.9. The van der Waals surface area contributed by atoms with Crippen molar-refractivity contribution in [1.29, 1.82) is 0 Å². The Bertz CT molecular complexity index is 1290. The van der Waals surface area contributed by atoms with Gasteiger partial charge in [0.25, 0.3) is 0 Å². The summed E-state index contributed by atoms with van der Waals surface area (Å²) in [6.45, 7) is 0.582. The number of ether oxygens (including phenoxy) is 2. The maximum absolute atomic E-state index is 11.6. The fourth-order valence-electron chi connectivity index (χ4n) is 3.77. The number of nitrogens with two attached hydrogens (primary N) is 1. The van der Waals surface area contributed by atoms with E-state index in [1.165, 1.54) is 7.11 Å². The number of carbonyl (C=O) groups excluding carboxylic acids is 1. The van der Waals surface area contributed by atoms with Gasteiger partial charge in [0.1, 0.15) is 10.8 Å². The number of thiazole rings is 1. The number of rotatable bonds is 4. The largest absolute Gasteiger partial charge is 0.493 e. The van der Waals surface area contributed by atoms with Crippen LogP contribution in [0.2, 0.25) is 0 Å². The van der Waals surface area contributed by atoms with Crippen LogP contribution in [0, 0.1) is 0 Å². The molecule has 0 bridgehead atoms. The molecule has 0 saturated heterocycles. The molecule has 1 aliphatic heterocycles. The van der Waals surface area contributed by atoms with Crippen LogP contribution in [0.3, 0.4) is 0 Å². The van der Waals surface area contributed by atoms with Crippen LogP contribution < -0.4 is 10.5 Å². The Morgan fingerprint density at radius 1 is 1.23 bits per heavy atom. The zero-order valence-electron chi connectivity index (χ0n) is 16.9. The van der Waals surface area contributed by atoms with Crippen LogP contribution in [0.4, 0.5) is 5.95 Å². The number of nitrogen functional groups attached to an aromatic ring is 1. The monoisotopic (exact) mass is 432 g/mol. The lowest BCUT2D eigenvalue weighted by Gasteiger charge is -2.24. The van der Waals surface area contributed by atoms with Crippen LogP contribution in [-0.4, -0.2) is 34.6 Å². The molecule has 2 N–H and O–H groups in total. The van der Waals surface area contributed by atoms with Crippen molar-refractivity contribution in [3.63, 3.8) is 0 Å². The van der Waals surface area contributed by atoms with Crippen LogP contribution in [-0.2, 0) is 22.4 Å². The number of hydrogen-bond donors (Lipinski definition) is 1. The van der Waals surface area contributed by atoms with Crippen molar-refractivity contribution in [2.45, 2.75) is 18.8 Å². The highest BCUT2D eigenvalue weighted by Crippen LogP contribution is 2.37. The van der Waals surface area contributed by atoms with E-state index in [1.807, 2.05) is 36.4 Å². The molecule has 156 valence electrons. The number of methoxy groups -OCH3 is 1. The Balaban J connectivity index is 1.41. The van der Waals surface area contributed by atoms with Crippen LogP contribution in [0.15, 0.2) is 48.7 Å². The number of esters is 1. The Hall–Kier alpha value is -3.52. The zero-order valence-corrected chi connectivity index (χ0v) is 17.7. The predicted molar refractivity (Wildman–Crippen MR) is 119 cm³/mol. The third kappa shape index (κ3) is 3.94. The maximum atomic E-state index is 11.6. The summed E-state index contributed by atoms with van der Waals surface area (Å²) in [5, 5.41) is 1.04. The van der Waals surface area contributed by atoms with Gasteiger partial charge in [-0.3, -0.25) is 4.79 Å². The minimum atomic E-state index is -0.249. The topological polar surface area (TPSA) is 100 Å². The van der Waals surface area contributed by atoms with Gasteiger partial charge in [0.05, 0.1) is 36.0 Å². The van der Waals surface area contributed by atoms with Crippen molar-refractivity contribution in [3.05, 3.63) is 64.8 Å². The highest BCUT2D eigenvalue weighted by atomic mass is 32.1. The molecule has 0 aliphatic carbocycles. The second kappa shape index (κ2) is 7.96. The molecular formula is C23H20N4O3S. The minimum absolute atomic E-state index is 0.163. The van der Waals surface area contributed by atoms with E-state index in [9.17, 15) is 4.79 Å². The van der Waals surface area contributed by atoms with Crippen molar-refractivity contribution in [2.24, 2.45) is 0 Å². The molecule has 1 aliphatic rings. The van der Waals surface area contributed by atoms with Gasteiger partial charge in [0.15, 0.2) is 0 Å². The van der Waals surface area contributed by atoms with E-state index < -0.39 is 0 Å². The van der Waals surface area contributed by atoms with Crippen molar-refractivity contribution >= 4 is 33.5 Å². The highest BCUT2D eigenvalue weighted by molar-refractivity contribution is 7.18. The first-order valence-electron chi connectivity index (χ1n) is 9.90. The Morgan fingerprint density at radius 3 is 2.97 bits per heavy atom. The van der Waals surface area contributed by atoms with Gasteiger partial charge in [0.2, 0.25) is 5.95 Å². The average molecular weight is 433 g/mol. The fourth-order valence-corrected chi connectivity index (χ4v) is 4.86. The van der Waals surface area contributed by atoms with Crippen LogP contribution in [0.1, 0.15) is 22.1 Å². The SMILES string of the molecule is COC(=O)Cc1ccc2c(c1)CC(c1nc3ccc(-c4ccnc(N)n4)cc3s1)CO2. The summed E-state index contributed by atoms with van der Waals surface area (Å²) in [7, 11) is 1.40. The molecule has 0 saturated carbocycles. The second-order valence-corrected chi connectivity index (χ2v) is 8.50. The molecular weight excluding hydrogens is 412 g/mol. The van der Waals surface area contributed by atoms with Gasteiger partial charge < -0.3 is 15.2 Å². The molecule has 3 heterocycles. The normalized spacial score (nSPS) is 15.3. The van der Waals surface area contributed by atoms with Gasteiger partial charge in [-0.15, -0.1) is 11.3 Å². The van der Waals surface area contributed by atoms with Gasteiger partial charge in [-0.25, -0.2) is 15.0 Å². The number of anilines is 1. The molecule has 5 rings (SSSR count). The van der Waals surface area contributed by atoms with Crippen LogP contribution in [0.25, 0.3) is 21.5 Å². The van der Waals surface area contributed by atoms with Gasteiger partial charge in [0, 0.05) is 17.7 Å². The molecule has 0 spiro atoms. The number of hydrogen-bond acceptors (Lipinski definition) is 8. The molecule has 7 nitrogen and oxygen atoms in total. The van der Waals surface area contributed by atoms with Crippen LogP contribution >= 0.6 is 11.3 Å². The lowest BCUT2D eigenvalue weighted by molar-refractivity contribution is -0.139. The molecule has 31 heavy (non-hydrogen) atoms. The molecule has 8 heteroatoms. The summed E-state index contributed by atoms with van der Waals surface area (Å²) >= 11 is 1.67. The third-order valence-electron chi connectivity index (χ3n) is 5.33. The molecule has 2 aromatic heterocycles. The highest BCUT2D eigenvalue weighted by Gasteiger charge is 2.25. The Kier molecular flexibility index (Phi) is 4.99. The Morgan fingerprint density at radius 2 is 2.13 bits per heavy atom. The summed E-state index contributed by atoms with van der Waals surface area (Å²) in [5.74, 6) is 1.04. The van der Waals surface area contributed by atoms with E-state index >= 15 is 0 Å². The van der Waals surface area contributed by atoms with Gasteiger partial charge in [-0.05, 0) is 41.8 Å². The zero-order chi connectivity index (χ0) is 21.4. The average Bonchev–Trinajstić information content (AvgIpc) is 3.22. The number of fused-ring (bicyclic) bond motifs is 2. The van der Waals surface area contributed by atoms with Crippen molar-refractivity contribution < 1.29 is 14.3 Å². The Labute approximate surface area is 182 Å². The summed E-state index contributed by atoms with van der Waals surface area (Å²) in [4.78, 5) is 24.7. The van der Waals surface area contributed by atoms with E-state index in [2.05, 4.69) is 16.0 Å². The van der Waals surface area contributed by atoms with E-state index in [0.717, 1.165) is 49.8 Å². The van der Waals surface area contributed by atoms with Crippen molar-refractivity contribution in [1.82, 2.24) is 15.0 Å². The molecule has 2 aromatic carbocycles. The number of carbonyl (C=O) groups is 1. The molecule has 0 radical (unpaired) electrons. The quantitative estimate of drug-likeness (QED) is 0.490. The first kappa shape index (κ1) is 19.4. The summed E-state index contributed by atoms with van der Waals surface area (Å²) in [6.07, 6.45) is 2.73. The van der Waals surface area contributed by atoms with E-state index in [-0.39, 0.29) is 24.3 Å². The van der Waals surface area contributed by atoms with Gasteiger partial charge in [-0.1, -0.05) is 18.2 Å². The predicted octanol–water partition coefficient (Wildman–Crippen LogP) is 3.77. The second-order valence-electron chi connectivity index (χ2n) is 7.44. The number of benzene rings is 2. The van der Waals surface area contributed by atoms with E-state index in [0.29, 0.717) is 6.61 Å². The van der Waals surface area contributed by atoms with Crippen molar-refractivity contribution in [2.75, 3.05) is 19.5 Å². The summed E-state index contributed by atoms with van der Waals surface area (Å²) in [5.41, 5.74) is 10.5. The lowest BCUT2D eigenvalue weighted by atomic mass is 9.95. The van der Waals surface area contributed by atoms with E-state index in [1.54, 1.807) is 17.5 Å². The van der Waals surface area contributed by atoms with Crippen molar-refractivity contribution in [3.8, 4) is 17.0 Å². The lowest BCUT2D eigenvalue weighted by Crippen LogP contribution is -2.19. The van der Waals surface area contributed by atoms with E-state index in [4.69, 9.17) is 20.2 Å². The molecule has 1 unspecified atom stereocenters. The van der Waals surface area contributed by atoms with Gasteiger partial charge in [-0.2, -0.15) is 0 Å². The maximum Gasteiger partial charge on any atom is 0.309 e. The number of aromatic nitrogens is 3. The first-order chi connectivity index (χ1) is 15.1. The smallest absolute Gasteiger partial charge is 0.309 e. The minimum Gasteiger partial charge on any atom is -0.493 e. The number of nitrogens with zero attached hydrogens (tertiary/aromatic N) is 3. The first-order valence-corrected chi connectivity index (χ1v) is 10.7.